The lowest BCUT2D eigenvalue weighted by atomic mass is 9.85. The Balaban J connectivity index is 2.16. The highest BCUT2D eigenvalue weighted by atomic mass is 16.6. The first kappa shape index (κ1) is 25.3. The molecule has 0 bridgehead atoms. The quantitative estimate of drug-likeness (QED) is 0.302. The molecule has 0 heterocycles. The summed E-state index contributed by atoms with van der Waals surface area (Å²) in [5.74, 6) is 0.282. The number of esters is 2. The fourth-order valence-electron chi connectivity index (χ4n) is 3.73. The normalized spacial score (nSPS) is 11.8. The van der Waals surface area contributed by atoms with E-state index in [2.05, 4.69) is 26.8 Å². The van der Waals surface area contributed by atoms with Gasteiger partial charge in [-0.05, 0) is 44.7 Å². The molecule has 0 N–H and O–H groups in total. The highest BCUT2D eigenvalue weighted by molar-refractivity contribution is 6.11. The summed E-state index contributed by atoms with van der Waals surface area (Å²) in [6.45, 7) is 13.2. The van der Waals surface area contributed by atoms with E-state index in [1.807, 2.05) is 36.4 Å². The summed E-state index contributed by atoms with van der Waals surface area (Å²) in [5, 5.41) is 3.15. The summed E-state index contributed by atoms with van der Waals surface area (Å²) in [4.78, 5) is 24.4. The van der Waals surface area contributed by atoms with Gasteiger partial charge in [-0.2, -0.15) is 0 Å². The third-order valence-electron chi connectivity index (χ3n) is 5.19. The number of carbonyl (C=O) groups excluding carboxylic acids is 2. The van der Waals surface area contributed by atoms with Crippen LogP contribution >= 0.6 is 0 Å². The Morgan fingerprint density at radius 3 is 1.59 bits per heavy atom. The number of carbonyl (C=O) groups is 2. The smallest absolute Gasteiger partial charge is 0.344 e. The molecule has 0 amide bonds. The van der Waals surface area contributed by atoms with Crippen LogP contribution in [0, 0.1) is 0 Å². The molecule has 3 rings (SSSR count). The number of ether oxygens (including phenoxy) is 4. The molecule has 0 aliphatic heterocycles. The van der Waals surface area contributed by atoms with Crippen molar-refractivity contribution in [2.24, 2.45) is 0 Å². The second-order valence-corrected chi connectivity index (χ2v) is 9.87. The molecule has 182 valence electrons. The SMILES string of the molecule is CC(C)OC(=O)COc1c2ccccc2c(OCC(=O)OC(C)C)c2cc(C(C)(C)C)ccc12. The summed E-state index contributed by atoms with van der Waals surface area (Å²) in [6, 6.07) is 13.7. The predicted octanol–water partition coefficient (Wildman–Crippen LogP) is 5.95. The van der Waals surface area contributed by atoms with Crippen molar-refractivity contribution in [1.29, 1.82) is 0 Å². The maximum Gasteiger partial charge on any atom is 0.344 e. The van der Waals surface area contributed by atoms with Crippen LogP contribution in [0.4, 0.5) is 0 Å². The van der Waals surface area contributed by atoms with Crippen LogP contribution in [-0.4, -0.2) is 37.4 Å². The van der Waals surface area contributed by atoms with Gasteiger partial charge in [-0.3, -0.25) is 0 Å². The molecular formula is C28H34O6. The molecule has 0 saturated heterocycles. The molecular weight excluding hydrogens is 432 g/mol. The van der Waals surface area contributed by atoms with Crippen molar-refractivity contribution in [3.05, 3.63) is 48.0 Å². The van der Waals surface area contributed by atoms with Crippen LogP contribution in [0.15, 0.2) is 42.5 Å². The highest BCUT2D eigenvalue weighted by Gasteiger charge is 2.21. The lowest BCUT2D eigenvalue weighted by molar-refractivity contribution is -0.150. The third-order valence-corrected chi connectivity index (χ3v) is 5.19. The predicted molar refractivity (Wildman–Crippen MR) is 134 cm³/mol. The van der Waals surface area contributed by atoms with Gasteiger partial charge in [0.15, 0.2) is 13.2 Å². The van der Waals surface area contributed by atoms with Gasteiger partial charge in [0.2, 0.25) is 0 Å². The van der Waals surface area contributed by atoms with Crippen molar-refractivity contribution in [2.75, 3.05) is 13.2 Å². The van der Waals surface area contributed by atoms with E-state index in [1.54, 1.807) is 27.7 Å². The lowest BCUT2D eigenvalue weighted by Gasteiger charge is -2.22. The number of benzene rings is 3. The monoisotopic (exact) mass is 466 g/mol. The average Bonchev–Trinajstić information content (AvgIpc) is 2.74. The van der Waals surface area contributed by atoms with Gasteiger partial charge < -0.3 is 18.9 Å². The Bertz CT molecular complexity index is 1190. The van der Waals surface area contributed by atoms with E-state index in [-0.39, 0.29) is 30.8 Å². The molecule has 0 aromatic heterocycles. The van der Waals surface area contributed by atoms with Gasteiger partial charge in [0.05, 0.1) is 12.2 Å². The number of hydrogen-bond acceptors (Lipinski definition) is 6. The Kier molecular flexibility index (Phi) is 7.70. The minimum absolute atomic E-state index is 0.101. The zero-order valence-corrected chi connectivity index (χ0v) is 21.1. The van der Waals surface area contributed by atoms with E-state index in [4.69, 9.17) is 18.9 Å². The second-order valence-electron chi connectivity index (χ2n) is 9.87. The first-order valence-electron chi connectivity index (χ1n) is 11.6. The van der Waals surface area contributed by atoms with Crippen LogP contribution in [-0.2, 0) is 24.5 Å². The fraction of sp³-hybridized carbons (Fsp3) is 0.429. The van der Waals surface area contributed by atoms with Gasteiger partial charge in [-0.25, -0.2) is 9.59 Å². The van der Waals surface area contributed by atoms with Gasteiger partial charge in [-0.15, -0.1) is 0 Å². The summed E-state index contributed by atoms with van der Waals surface area (Å²) in [6.07, 6.45) is -0.446. The molecule has 3 aromatic carbocycles. The van der Waals surface area contributed by atoms with Crippen molar-refractivity contribution in [3.63, 3.8) is 0 Å². The molecule has 0 atom stereocenters. The van der Waals surface area contributed by atoms with E-state index in [0.29, 0.717) is 11.5 Å². The van der Waals surface area contributed by atoms with Crippen molar-refractivity contribution >= 4 is 33.5 Å². The molecule has 0 unspecified atom stereocenters. The van der Waals surface area contributed by atoms with Gasteiger partial charge in [0, 0.05) is 21.5 Å². The Morgan fingerprint density at radius 1 is 0.706 bits per heavy atom. The van der Waals surface area contributed by atoms with Crippen LogP contribution in [0.1, 0.15) is 54.0 Å². The van der Waals surface area contributed by atoms with Crippen LogP contribution < -0.4 is 9.47 Å². The minimum atomic E-state index is -0.435. The molecule has 34 heavy (non-hydrogen) atoms. The van der Waals surface area contributed by atoms with E-state index in [1.165, 1.54) is 0 Å². The number of rotatable bonds is 8. The summed E-state index contributed by atoms with van der Waals surface area (Å²) < 4.78 is 22.6. The number of fused-ring (bicyclic) bond motifs is 2. The Hall–Kier alpha value is -3.28. The largest absolute Gasteiger partial charge is 0.481 e. The molecule has 0 aliphatic carbocycles. The van der Waals surface area contributed by atoms with E-state index >= 15 is 0 Å². The van der Waals surface area contributed by atoms with Crippen LogP contribution in [0.2, 0.25) is 0 Å². The topological polar surface area (TPSA) is 71.1 Å². The maximum absolute atomic E-state index is 12.2. The molecule has 0 saturated carbocycles. The van der Waals surface area contributed by atoms with E-state index in [9.17, 15) is 9.59 Å². The van der Waals surface area contributed by atoms with Crippen LogP contribution in [0.25, 0.3) is 21.5 Å². The summed E-state index contributed by atoms with van der Waals surface area (Å²) in [5.41, 5.74) is 1.01. The summed E-state index contributed by atoms with van der Waals surface area (Å²) in [7, 11) is 0. The average molecular weight is 467 g/mol. The number of hydrogen-bond donors (Lipinski definition) is 0. The summed E-state index contributed by atoms with van der Waals surface area (Å²) >= 11 is 0. The zero-order chi connectivity index (χ0) is 25.0. The first-order valence-corrected chi connectivity index (χ1v) is 11.6. The minimum Gasteiger partial charge on any atom is -0.481 e. The standard InChI is InChI=1S/C28H34O6/c1-17(2)33-24(29)15-31-26-20-10-8-9-11-21(20)27(32-16-25(30)34-18(3)4)23-14-19(28(5,6)7)12-13-22(23)26/h8-14,17-18H,15-16H2,1-7H3. The first-order chi connectivity index (χ1) is 16.0. The zero-order valence-electron chi connectivity index (χ0n) is 21.1. The second kappa shape index (κ2) is 10.3. The van der Waals surface area contributed by atoms with Gasteiger partial charge >= 0.3 is 11.9 Å². The molecule has 0 spiro atoms. The maximum atomic E-state index is 12.2. The highest BCUT2D eigenvalue weighted by Crippen LogP contribution is 2.44. The third kappa shape index (κ3) is 5.99. The van der Waals surface area contributed by atoms with Crippen molar-refractivity contribution < 1.29 is 28.5 Å². The molecule has 6 heteroatoms. The van der Waals surface area contributed by atoms with Gasteiger partial charge in [0.1, 0.15) is 11.5 Å². The Labute approximate surface area is 201 Å². The molecule has 3 aromatic rings. The molecule has 0 aliphatic rings. The Morgan fingerprint density at radius 2 is 1.15 bits per heavy atom. The molecule has 0 radical (unpaired) electrons. The fourth-order valence-corrected chi connectivity index (χ4v) is 3.73. The van der Waals surface area contributed by atoms with Gasteiger partial charge in [0.25, 0.3) is 0 Å². The van der Waals surface area contributed by atoms with Crippen molar-refractivity contribution in [2.45, 2.75) is 66.1 Å². The van der Waals surface area contributed by atoms with Crippen LogP contribution in [0.3, 0.4) is 0 Å². The molecule has 6 nitrogen and oxygen atoms in total. The van der Waals surface area contributed by atoms with E-state index in [0.717, 1.165) is 27.1 Å². The van der Waals surface area contributed by atoms with Crippen LogP contribution in [0.5, 0.6) is 11.5 Å². The van der Waals surface area contributed by atoms with Crippen molar-refractivity contribution in [3.8, 4) is 11.5 Å². The van der Waals surface area contributed by atoms with Gasteiger partial charge in [-0.1, -0.05) is 57.2 Å². The van der Waals surface area contributed by atoms with E-state index < -0.39 is 11.9 Å². The lowest BCUT2D eigenvalue weighted by Crippen LogP contribution is -2.19. The molecule has 0 fully saturated rings. The van der Waals surface area contributed by atoms with Crippen molar-refractivity contribution in [1.82, 2.24) is 0 Å².